The van der Waals surface area contributed by atoms with Gasteiger partial charge in [0, 0.05) is 6.61 Å². The number of allylic oxidation sites excluding steroid dienone is 2. The van der Waals surface area contributed by atoms with E-state index >= 15 is 0 Å². The van der Waals surface area contributed by atoms with E-state index in [1.54, 1.807) is 0 Å². The molecule has 0 radical (unpaired) electrons. The smallest absolute Gasteiger partial charge is 0.127 e. The first-order valence-corrected chi connectivity index (χ1v) is 10.4. The third-order valence-corrected chi connectivity index (χ3v) is 5.79. The minimum Gasteiger partial charge on any atom is -0.507 e. The van der Waals surface area contributed by atoms with Gasteiger partial charge in [-0.2, -0.15) is 0 Å². The summed E-state index contributed by atoms with van der Waals surface area (Å²) in [6, 6.07) is 3.67. The van der Waals surface area contributed by atoms with Crippen LogP contribution in [-0.4, -0.2) is 21.9 Å². The average molecular weight is 361 g/mol. The lowest BCUT2D eigenvalue weighted by Crippen LogP contribution is -2.13. The van der Waals surface area contributed by atoms with Crippen LogP contribution >= 0.6 is 0 Å². The molecule has 0 spiro atoms. The fourth-order valence-electron chi connectivity index (χ4n) is 4.10. The van der Waals surface area contributed by atoms with Crippen molar-refractivity contribution in [1.82, 2.24) is 0 Å². The zero-order valence-corrected chi connectivity index (χ0v) is 16.7. The van der Waals surface area contributed by atoms with Crippen LogP contribution in [0.1, 0.15) is 83.3 Å². The lowest BCUT2D eigenvalue weighted by Gasteiger charge is -2.29. The van der Waals surface area contributed by atoms with E-state index in [-0.39, 0.29) is 24.0 Å². The van der Waals surface area contributed by atoms with Gasteiger partial charge in [0.1, 0.15) is 11.5 Å². The Morgan fingerprint density at radius 3 is 2.38 bits per heavy atom. The van der Waals surface area contributed by atoms with Crippen LogP contribution in [0.25, 0.3) is 5.57 Å². The number of phenols is 2. The highest BCUT2D eigenvalue weighted by molar-refractivity contribution is 5.78. The van der Waals surface area contributed by atoms with Gasteiger partial charge in [-0.05, 0) is 73.6 Å². The van der Waals surface area contributed by atoms with Gasteiger partial charge < -0.3 is 15.3 Å². The molecule has 1 aliphatic rings. The van der Waals surface area contributed by atoms with Gasteiger partial charge in [-0.25, -0.2) is 0 Å². The lowest BCUT2D eigenvalue weighted by atomic mass is 9.77. The molecule has 146 valence electrons. The maximum absolute atomic E-state index is 10.7. The summed E-state index contributed by atoms with van der Waals surface area (Å²) in [5, 5.41) is 30.9. The van der Waals surface area contributed by atoms with Crippen molar-refractivity contribution in [2.24, 2.45) is 11.8 Å². The predicted molar refractivity (Wildman–Crippen MR) is 108 cm³/mol. The molecule has 1 aliphatic carbocycles. The lowest BCUT2D eigenvalue weighted by molar-refractivity contribution is 0.235. The van der Waals surface area contributed by atoms with Crippen LogP contribution in [0.4, 0.5) is 0 Å². The Bertz CT molecular complexity index is 595. The van der Waals surface area contributed by atoms with Crippen molar-refractivity contribution in [1.29, 1.82) is 0 Å². The first-order valence-electron chi connectivity index (χ1n) is 10.4. The van der Waals surface area contributed by atoms with Crippen LogP contribution in [0.2, 0.25) is 0 Å². The molecule has 3 nitrogen and oxygen atoms in total. The molecule has 0 amide bonds. The summed E-state index contributed by atoms with van der Waals surface area (Å²) < 4.78 is 0. The molecule has 1 aromatic rings. The number of unbranched alkanes of at least 4 members (excludes halogenated alkanes) is 2. The van der Waals surface area contributed by atoms with Crippen molar-refractivity contribution in [2.75, 3.05) is 6.61 Å². The molecule has 2 rings (SSSR count). The molecule has 0 bridgehead atoms. The quantitative estimate of drug-likeness (QED) is 0.487. The molecule has 2 atom stereocenters. The summed E-state index contributed by atoms with van der Waals surface area (Å²) in [6.07, 6.45) is 9.29. The van der Waals surface area contributed by atoms with Crippen molar-refractivity contribution < 1.29 is 15.3 Å². The molecule has 0 saturated carbocycles. The summed E-state index contributed by atoms with van der Waals surface area (Å²) in [6.45, 7) is 6.60. The third kappa shape index (κ3) is 5.26. The van der Waals surface area contributed by atoms with Gasteiger partial charge in [0.15, 0.2) is 0 Å². The maximum atomic E-state index is 10.7. The van der Waals surface area contributed by atoms with E-state index in [1.807, 2.05) is 19.1 Å². The summed E-state index contributed by atoms with van der Waals surface area (Å²) in [4.78, 5) is 0. The zero-order valence-electron chi connectivity index (χ0n) is 16.7. The normalized spacial score (nSPS) is 19.0. The third-order valence-electron chi connectivity index (χ3n) is 5.79. The number of phenolic OH excluding ortho intramolecular Hbond substituents is 2. The van der Waals surface area contributed by atoms with E-state index in [1.165, 1.54) is 5.57 Å². The molecular formula is C23H36O3. The topological polar surface area (TPSA) is 60.7 Å². The minimum absolute atomic E-state index is 0.169. The maximum Gasteiger partial charge on any atom is 0.127 e. The van der Waals surface area contributed by atoms with Gasteiger partial charge in [0.05, 0.1) is 5.56 Å². The van der Waals surface area contributed by atoms with E-state index in [9.17, 15) is 15.3 Å². The second-order valence-electron chi connectivity index (χ2n) is 8.06. The van der Waals surface area contributed by atoms with Gasteiger partial charge in [0.2, 0.25) is 0 Å². The van der Waals surface area contributed by atoms with Crippen LogP contribution in [0, 0.1) is 11.8 Å². The van der Waals surface area contributed by atoms with Crippen molar-refractivity contribution >= 4 is 5.57 Å². The number of aromatic hydroxyl groups is 2. The number of aliphatic hydroxyl groups is 1. The van der Waals surface area contributed by atoms with Crippen molar-refractivity contribution in [3.63, 3.8) is 0 Å². The molecule has 2 unspecified atom stereocenters. The standard InChI is InChI=1S/C23H36O3/c1-4-6-7-8-18-13-21(25)23(22(26)14-18)20-12-17(5-2)9-10-19(20)11-16(3)15-24/h13-14,16-17,24-26H,4-12,15H2,1-3H3. The molecule has 3 heteroatoms. The number of benzene rings is 1. The minimum atomic E-state index is 0.169. The average Bonchev–Trinajstić information content (AvgIpc) is 2.62. The summed E-state index contributed by atoms with van der Waals surface area (Å²) in [7, 11) is 0. The SMILES string of the molecule is CCCCCc1cc(O)c(C2=C(CC(C)CO)CCC(CC)C2)c(O)c1. The van der Waals surface area contributed by atoms with Crippen LogP contribution in [0.5, 0.6) is 11.5 Å². The Kier molecular flexibility index (Phi) is 8.02. The van der Waals surface area contributed by atoms with Gasteiger partial charge in [-0.1, -0.05) is 45.6 Å². The Morgan fingerprint density at radius 1 is 1.12 bits per heavy atom. The van der Waals surface area contributed by atoms with Crippen molar-refractivity contribution in [2.45, 2.75) is 78.6 Å². The number of aryl methyl sites for hydroxylation is 1. The van der Waals surface area contributed by atoms with E-state index in [0.29, 0.717) is 11.5 Å². The fourth-order valence-corrected chi connectivity index (χ4v) is 4.10. The Labute approximate surface area is 158 Å². The first-order chi connectivity index (χ1) is 12.5. The highest BCUT2D eigenvalue weighted by Crippen LogP contribution is 2.45. The van der Waals surface area contributed by atoms with Gasteiger partial charge >= 0.3 is 0 Å². The monoisotopic (exact) mass is 360 g/mol. The number of hydrogen-bond donors (Lipinski definition) is 3. The Morgan fingerprint density at radius 2 is 1.81 bits per heavy atom. The second kappa shape index (κ2) is 10.0. The molecule has 3 N–H and O–H groups in total. The molecule has 26 heavy (non-hydrogen) atoms. The molecule has 0 saturated heterocycles. The largest absolute Gasteiger partial charge is 0.507 e. The van der Waals surface area contributed by atoms with Crippen LogP contribution in [0.15, 0.2) is 17.7 Å². The van der Waals surface area contributed by atoms with E-state index < -0.39 is 0 Å². The van der Waals surface area contributed by atoms with E-state index in [0.717, 1.165) is 68.9 Å². The van der Waals surface area contributed by atoms with Crippen molar-refractivity contribution in [3.8, 4) is 11.5 Å². The molecule has 0 aliphatic heterocycles. The predicted octanol–water partition coefficient (Wildman–Crippen LogP) is 5.81. The summed E-state index contributed by atoms with van der Waals surface area (Å²) in [5.41, 5.74) is 4.03. The van der Waals surface area contributed by atoms with Crippen molar-refractivity contribution in [3.05, 3.63) is 28.8 Å². The second-order valence-corrected chi connectivity index (χ2v) is 8.06. The van der Waals surface area contributed by atoms with Crippen LogP contribution < -0.4 is 0 Å². The first kappa shape index (κ1) is 20.8. The number of rotatable bonds is 9. The highest BCUT2D eigenvalue weighted by Gasteiger charge is 2.26. The van der Waals surface area contributed by atoms with E-state index in [4.69, 9.17) is 0 Å². The zero-order chi connectivity index (χ0) is 19.1. The molecule has 1 aromatic carbocycles. The van der Waals surface area contributed by atoms with E-state index in [2.05, 4.69) is 13.8 Å². The van der Waals surface area contributed by atoms with Gasteiger partial charge in [-0.3, -0.25) is 0 Å². The number of hydrogen-bond acceptors (Lipinski definition) is 3. The fraction of sp³-hybridized carbons (Fsp3) is 0.652. The molecule has 0 heterocycles. The molecular weight excluding hydrogens is 324 g/mol. The van der Waals surface area contributed by atoms with Gasteiger partial charge in [-0.15, -0.1) is 0 Å². The van der Waals surface area contributed by atoms with Crippen LogP contribution in [0.3, 0.4) is 0 Å². The van der Waals surface area contributed by atoms with Crippen LogP contribution in [-0.2, 0) is 6.42 Å². The summed E-state index contributed by atoms with van der Waals surface area (Å²) in [5.74, 6) is 1.21. The molecule has 0 aromatic heterocycles. The highest BCUT2D eigenvalue weighted by atomic mass is 16.3. The van der Waals surface area contributed by atoms with Gasteiger partial charge in [0.25, 0.3) is 0 Å². The number of aliphatic hydroxyl groups excluding tert-OH is 1. The Hall–Kier alpha value is -1.48. The Balaban J connectivity index is 2.36. The molecule has 0 fully saturated rings. The summed E-state index contributed by atoms with van der Waals surface area (Å²) >= 11 is 0.